The molecule has 0 heterocycles. The third-order valence-electron chi connectivity index (χ3n) is 4.12. The van der Waals surface area contributed by atoms with E-state index >= 15 is 0 Å². The normalized spacial score (nSPS) is 13.2. The molecule has 0 aliphatic rings. The Kier molecular flexibility index (Phi) is 6.38. The molecule has 0 spiro atoms. The molecular weight excluding hydrogens is 302 g/mol. The van der Waals surface area contributed by atoms with Crippen LogP contribution in [0.5, 0.6) is 5.75 Å². The van der Waals surface area contributed by atoms with Crippen LogP contribution in [-0.4, -0.2) is 24.2 Å². The fourth-order valence-corrected chi connectivity index (χ4v) is 2.55. The highest BCUT2D eigenvalue weighted by atomic mass is 16.5. The highest BCUT2D eigenvalue weighted by molar-refractivity contribution is 5.78. The van der Waals surface area contributed by atoms with Crippen LogP contribution in [0.2, 0.25) is 0 Å². The first-order valence-corrected chi connectivity index (χ1v) is 8.22. The van der Waals surface area contributed by atoms with E-state index in [0.29, 0.717) is 6.42 Å². The Morgan fingerprint density at radius 3 is 2.21 bits per heavy atom. The second kappa shape index (κ2) is 8.50. The van der Waals surface area contributed by atoms with E-state index in [1.165, 1.54) is 5.56 Å². The van der Waals surface area contributed by atoms with Crippen molar-refractivity contribution < 1.29 is 14.6 Å². The standard InChI is InChI=1S/C20H25NO3/c1-4-15-5-7-16(8-6-15)13-19(22)21-14(2)20(23)17-9-11-18(24-3)12-10-17/h5-12,14,20,23H,4,13H2,1-3H3,(H,21,22). The van der Waals surface area contributed by atoms with Crippen LogP contribution in [0.15, 0.2) is 48.5 Å². The van der Waals surface area contributed by atoms with Gasteiger partial charge < -0.3 is 15.2 Å². The monoisotopic (exact) mass is 327 g/mol. The van der Waals surface area contributed by atoms with Crippen LogP contribution in [0, 0.1) is 0 Å². The third-order valence-corrected chi connectivity index (χ3v) is 4.12. The van der Waals surface area contributed by atoms with Crippen LogP contribution in [0.25, 0.3) is 0 Å². The molecule has 0 aromatic heterocycles. The van der Waals surface area contributed by atoms with E-state index in [1.807, 2.05) is 24.3 Å². The summed E-state index contributed by atoms with van der Waals surface area (Å²) < 4.78 is 5.11. The first kappa shape index (κ1) is 18.0. The first-order chi connectivity index (χ1) is 11.5. The lowest BCUT2D eigenvalue weighted by molar-refractivity contribution is -0.121. The van der Waals surface area contributed by atoms with E-state index in [4.69, 9.17) is 4.74 Å². The van der Waals surface area contributed by atoms with Gasteiger partial charge in [0.15, 0.2) is 0 Å². The summed E-state index contributed by atoms with van der Waals surface area (Å²) in [5.74, 6) is 0.637. The SMILES string of the molecule is CCc1ccc(CC(=O)NC(C)C(O)c2ccc(OC)cc2)cc1. The lowest BCUT2D eigenvalue weighted by Gasteiger charge is -2.21. The second-order valence-corrected chi connectivity index (χ2v) is 5.92. The topological polar surface area (TPSA) is 58.6 Å². The predicted octanol–water partition coefficient (Wildman–Crippen LogP) is 3.04. The summed E-state index contributed by atoms with van der Waals surface area (Å²) in [4.78, 5) is 12.2. The largest absolute Gasteiger partial charge is 0.497 e. The van der Waals surface area contributed by atoms with E-state index in [9.17, 15) is 9.90 Å². The minimum Gasteiger partial charge on any atom is -0.497 e. The van der Waals surface area contributed by atoms with Crippen molar-refractivity contribution in [3.05, 3.63) is 65.2 Å². The molecule has 2 atom stereocenters. The molecule has 24 heavy (non-hydrogen) atoms. The number of nitrogens with one attached hydrogen (secondary N) is 1. The molecule has 128 valence electrons. The Balaban J connectivity index is 1.91. The smallest absolute Gasteiger partial charge is 0.224 e. The van der Waals surface area contributed by atoms with E-state index < -0.39 is 6.10 Å². The number of benzene rings is 2. The van der Waals surface area contributed by atoms with Crippen molar-refractivity contribution in [3.63, 3.8) is 0 Å². The molecule has 0 saturated heterocycles. The number of aliphatic hydroxyl groups excluding tert-OH is 1. The molecule has 0 aliphatic carbocycles. The van der Waals surface area contributed by atoms with Gasteiger partial charge in [-0.05, 0) is 42.2 Å². The molecule has 0 saturated carbocycles. The van der Waals surface area contributed by atoms with Crippen molar-refractivity contribution >= 4 is 5.91 Å². The van der Waals surface area contributed by atoms with Gasteiger partial charge in [-0.15, -0.1) is 0 Å². The molecule has 2 aromatic rings. The van der Waals surface area contributed by atoms with Crippen LogP contribution in [0.1, 0.15) is 36.6 Å². The lowest BCUT2D eigenvalue weighted by Crippen LogP contribution is -2.37. The Labute approximate surface area is 143 Å². The maximum absolute atomic E-state index is 12.2. The molecular formula is C20H25NO3. The number of methoxy groups -OCH3 is 1. The average molecular weight is 327 g/mol. The van der Waals surface area contributed by atoms with Gasteiger partial charge in [0.1, 0.15) is 5.75 Å². The summed E-state index contributed by atoms with van der Waals surface area (Å²) in [6.07, 6.45) is 0.531. The summed E-state index contributed by atoms with van der Waals surface area (Å²) in [5.41, 5.74) is 2.97. The average Bonchev–Trinajstić information content (AvgIpc) is 2.61. The summed E-state index contributed by atoms with van der Waals surface area (Å²) in [7, 11) is 1.60. The van der Waals surface area contributed by atoms with Crippen molar-refractivity contribution in [2.24, 2.45) is 0 Å². The quantitative estimate of drug-likeness (QED) is 0.822. The zero-order valence-electron chi connectivity index (χ0n) is 14.5. The number of hydrogen-bond donors (Lipinski definition) is 2. The van der Waals surface area contributed by atoms with Gasteiger partial charge in [-0.2, -0.15) is 0 Å². The van der Waals surface area contributed by atoms with Crippen LogP contribution < -0.4 is 10.1 Å². The van der Waals surface area contributed by atoms with E-state index in [1.54, 1.807) is 38.3 Å². The summed E-state index contributed by atoms with van der Waals surface area (Å²) in [6.45, 7) is 3.90. The van der Waals surface area contributed by atoms with Crippen LogP contribution in [0.4, 0.5) is 0 Å². The van der Waals surface area contributed by atoms with Gasteiger partial charge in [-0.1, -0.05) is 43.3 Å². The molecule has 0 aliphatic heterocycles. The highest BCUT2D eigenvalue weighted by Crippen LogP contribution is 2.20. The molecule has 2 aromatic carbocycles. The number of aryl methyl sites for hydroxylation is 1. The second-order valence-electron chi connectivity index (χ2n) is 5.92. The summed E-state index contributed by atoms with van der Waals surface area (Å²) in [6, 6.07) is 14.8. The van der Waals surface area contributed by atoms with Crippen molar-refractivity contribution in [2.75, 3.05) is 7.11 Å². The van der Waals surface area contributed by atoms with Gasteiger partial charge >= 0.3 is 0 Å². The van der Waals surface area contributed by atoms with Gasteiger partial charge in [-0.3, -0.25) is 4.79 Å². The lowest BCUT2D eigenvalue weighted by atomic mass is 10.0. The molecule has 4 nitrogen and oxygen atoms in total. The van der Waals surface area contributed by atoms with E-state index in [0.717, 1.165) is 23.3 Å². The zero-order chi connectivity index (χ0) is 17.5. The maximum Gasteiger partial charge on any atom is 0.224 e. The number of carbonyl (C=O) groups excluding carboxylic acids is 1. The highest BCUT2D eigenvalue weighted by Gasteiger charge is 2.18. The van der Waals surface area contributed by atoms with E-state index in [2.05, 4.69) is 12.2 Å². The zero-order valence-corrected chi connectivity index (χ0v) is 14.5. The summed E-state index contributed by atoms with van der Waals surface area (Å²) >= 11 is 0. The Hall–Kier alpha value is -2.33. The van der Waals surface area contributed by atoms with Gasteiger partial charge in [0.2, 0.25) is 5.91 Å². The molecule has 0 radical (unpaired) electrons. The first-order valence-electron chi connectivity index (χ1n) is 8.22. The molecule has 0 fully saturated rings. The molecule has 2 N–H and O–H groups in total. The van der Waals surface area contributed by atoms with Crippen LogP contribution in [-0.2, 0) is 17.6 Å². The van der Waals surface area contributed by atoms with Crippen LogP contribution in [0.3, 0.4) is 0 Å². The number of rotatable bonds is 7. The van der Waals surface area contributed by atoms with Gasteiger partial charge in [0.25, 0.3) is 0 Å². The van der Waals surface area contributed by atoms with Crippen LogP contribution >= 0.6 is 0 Å². The van der Waals surface area contributed by atoms with Gasteiger partial charge in [0.05, 0.1) is 25.7 Å². The van der Waals surface area contributed by atoms with Gasteiger partial charge in [-0.25, -0.2) is 0 Å². The fourth-order valence-electron chi connectivity index (χ4n) is 2.55. The summed E-state index contributed by atoms with van der Waals surface area (Å²) in [5, 5.41) is 13.2. The number of ether oxygens (including phenoxy) is 1. The minimum atomic E-state index is -0.762. The Morgan fingerprint density at radius 2 is 1.67 bits per heavy atom. The van der Waals surface area contributed by atoms with Crippen molar-refractivity contribution in [1.29, 1.82) is 0 Å². The molecule has 2 unspecified atom stereocenters. The Morgan fingerprint density at radius 1 is 1.08 bits per heavy atom. The van der Waals surface area contributed by atoms with E-state index in [-0.39, 0.29) is 11.9 Å². The molecule has 2 rings (SSSR count). The molecule has 4 heteroatoms. The predicted molar refractivity (Wildman–Crippen MR) is 95.1 cm³/mol. The van der Waals surface area contributed by atoms with Crippen molar-refractivity contribution in [2.45, 2.75) is 38.8 Å². The number of carbonyl (C=O) groups is 1. The maximum atomic E-state index is 12.2. The number of amides is 1. The third kappa shape index (κ3) is 4.83. The minimum absolute atomic E-state index is 0.0979. The van der Waals surface area contributed by atoms with Gasteiger partial charge in [0, 0.05) is 0 Å². The Bertz CT molecular complexity index is 650. The number of hydrogen-bond acceptors (Lipinski definition) is 3. The fraction of sp³-hybridized carbons (Fsp3) is 0.350. The van der Waals surface area contributed by atoms with Crippen molar-refractivity contribution in [1.82, 2.24) is 5.32 Å². The van der Waals surface area contributed by atoms with Crippen molar-refractivity contribution in [3.8, 4) is 5.75 Å². The number of aliphatic hydroxyl groups is 1. The molecule has 0 bridgehead atoms. The molecule has 1 amide bonds.